The molecule has 0 aromatic rings. The third-order valence-corrected chi connectivity index (χ3v) is 4.04. The van der Waals surface area contributed by atoms with Crippen LogP contribution in [0.3, 0.4) is 0 Å². The molecular formula is C10H14O2. The van der Waals surface area contributed by atoms with Crippen molar-refractivity contribution in [3.63, 3.8) is 0 Å². The molecule has 4 rings (SSSR count). The molecular weight excluding hydrogens is 152 g/mol. The molecule has 4 atom stereocenters. The number of fused-ring (bicyclic) bond motifs is 3. The number of esters is 1. The minimum absolute atomic E-state index is 0.0510. The number of ether oxygens (including phenoxy) is 1. The molecule has 4 fully saturated rings. The van der Waals surface area contributed by atoms with Crippen LogP contribution in [0.25, 0.3) is 0 Å². The molecule has 4 bridgehead atoms. The van der Waals surface area contributed by atoms with Crippen LogP contribution in [0.15, 0.2) is 0 Å². The summed E-state index contributed by atoms with van der Waals surface area (Å²) in [5.74, 6) is 3.21. The smallest absolute Gasteiger partial charge is 0.306 e. The van der Waals surface area contributed by atoms with Crippen molar-refractivity contribution in [2.45, 2.75) is 25.7 Å². The molecule has 0 amide bonds. The van der Waals surface area contributed by atoms with E-state index in [1.807, 2.05) is 0 Å². The molecule has 4 unspecified atom stereocenters. The summed E-state index contributed by atoms with van der Waals surface area (Å²) in [6.07, 6.45) is 4.73. The van der Waals surface area contributed by atoms with Crippen molar-refractivity contribution in [3.05, 3.63) is 0 Å². The van der Waals surface area contributed by atoms with Gasteiger partial charge in [-0.3, -0.25) is 4.79 Å². The van der Waals surface area contributed by atoms with Gasteiger partial charge in [0.1, 0.15) is 0 Å². The quantitative estimate of drug-likeness (QED) is 0.511. The summed E-state index contributed by atoms with van der Waals surface area (Å²) in [5, 5.41) is 0. The van der Waals surface area contributed by atoms with Gasteiger partial charge >= 0.3 is 5.97 Å². The molecule has 4 aliphatic rings. The Morgan fingerprint density at radius 1 is 1.00 bits per heavy atom. The third kappa shape index (κ3) is 0.838. The second-order valence-corrected chi connectivity index (χ2v) is 4.63. The van der Waals surface area contributed by atoms with E-state index in [2.05, 4.69) is 0 Å². The van der Waals surface area contributed by atoms with E-state index in [1.54, 1.807) is 0 Å². The van der Waals surface area contributed by atoms with Gasteiger partial charge in [-0.15, -0.1) is 0 Å². The Kier molecular flexibility index (Phi) is 1.29. The molecule has 0 radical (unpaired) electrons. The molecule has 12 heavy (non-hydrogen) atoms. The highest BCUT2D eigenvalue weighted by Crippen LogP contribution is 2.53. The molecule has 0 aromatic carbocycles. The predicted octanol–water partition coefficient (Wildman–Crippen LogP) is 1.60. The molecule has 0 N–H and O–H groups in total. The van der Waals surface area contributed by atoms with Crippen LogP contribution in [0.2, 0.25) is 0 Å². The Hall–Kier alpha value is -0.530. The number of hydrogen-bond acceptors (Lipinski definition) is 2. The molecule has 2 heterocycles. The largest absolute Gasteiger partial charge is 0.465 e. The van der Waals surface area contributed by atoms with Crippen LogP contribution in [0.5, 0.6) is 0 Å². The average Bonchev–Trinajstić information content (AvgIpc) is 2.55. The van der Waals surface area contributed by atoms with Gasteiger partial charge in [-0.25, -0.2) is 0 Å². The standard InChI is InChI=1S/C10H14O2/c11-10-4-8-2-7-1-6(8)3-9(7)5-12-10/h6-9H,1-5H2. The van der Waals surface area contributed by atoms with Crippen LogP contribution >= 0.6 is 0 Å². The van der Waals surface area contributed by atoms with Crippen LogP contribution in [-0.4, -0.2) is 12.6 Å². The van der Waals surface area contributed by atoms with Crippen LogP contribution in [0, 0.1) is 23.7 Å². The Morgan fingerprint density at radius 3 is 2.42 bits per heavy atom. The summed E-state index contributed by atoms with van der Waals surface area (Å²) in [6.45, 7) is 0.715. The summed E-state index contributed by atoms with van der Waals surface area (Å²) < 4.78 is 5.17. The van der Waals surface area contributed by atoms with Crippen molar-refractivity contribution in [1.29, 1.82) is 0 Å². The topological polar surface area (TPSA) is 26.3 Å². The summed E-state index contributed by atoms with van der Waals surface area (Å²) in [7, 11) is 0. The first kappa shape index (κ1) is 6.93. The first-order valence-corrected chi connectivity index (χ1v) is 4.98. The fourth-order valence-electron chi connectivity index (χ4n) is 3.44. The molecule has 2 aliphatic carbocycles. The molecule has 0 aromatic heterocycles. The molecule has 2 heteroatoms. The van der Waals surface area contributed by atoms with E-state index in [9.17, 15) is 4.79 Å². The van der Waals surface area contributed by atoms with Crippen molar-refractivity contribution in [1.82, 2.24) is 0 Å². The van der Waals surface area contributed by atoms with Crippen LogP contribution in [0.1, 0.15) is 25.7 Å². The average molecular weight is 166 g/mol. The van der Waals surface area contributed by atoms with Gasteiger partial charge in [-0.2, -0.15) is 0 Å². The Labute approximate surface area is 72.3 Å². The highest BCUT2D eigenvalue weighted by molar-refractivity contribution is 5.70. The van der Waals surface area contributed by atoms with Crippen molar-refractivity contribution in [2.24, 2.45) is 23.7 Å². The fourth-order valence-corrected chi connectivity index (χ4v) is 3.44. The van der Waals surface area contributed by atoms with Crippen molar-refractivity contribution in [3.8, 4) is 0 Å². The highest BCUT2D eigenvalue weighted by Gasteiger charge is 2.48. The second kappa shape index (κ2) is 2.24. The second-order valence-electron chi connectivity index (χ2n) is 4.63. The van der Waals surface area contributed by atoms with Gasteiger partial charge in [0.25, 0.3) is 0 Å². The highest BCUT2D eigenvalue weighted by atomic mass is 16.5. The SMILES string of the molecule is O=C1CC2CC3CC2CC3CO1. The molecule has 66 valence electrons. The van der Waals surface area contributed by atoms with E-state index in [-0.39, 0.29) is 5.97 Å². The number of rotatable bonds is 0. The number of carbonyl (C=O) groups is 1. The Bertz CT molecular complexity index is 224. The van der Waals surface area contributed by atoms with E-state index in [4.69, 9.17) is 4.74 Å². The predicted molar refractivity (Wildman–Crippen MR) is 43.4 cm³/mol. The Morgan fingerprint density at radius 2 is 1.67 bits per heavy atom. The summed E-state index contributed by atoms with van der Waals surface area (Å²) in [4.78, 5) is 11.2. The molecule has 0 spiro atoms. The molecule has 2 nitrogen and oxygen atoms in total. The maximum absolute atomic E-state index is 11.2. The Balaban J connectivity index is 1.87. The van der Waals surface area contributed by atoms with E-state index < -0.39 is 0 Å². The zero-order valence-electron chi connectivity index (χ0n) is 7.16. The van der Waals surface area contributed by atoms with Gasteiger partial charge < -0.3 is 4.74 Å². The van der Waals surface area contributed by atoms with Gasteiger partial charge in [0.15, 0.2) is 0 Å². The fraction of sp³-hybridized carbons (Fsp3) is 0.900. The van der Waals surface area contributed by atoms with Crippen LogP contribution < -0.4 is 0 Å². The minimum atomic E-state index is 0.0510. The lowest BCUT2D eigenvalue weighted by atomic mass is 9.80. The van der Waals surface area contributed by atoms with E-state index in [0.717, 1.165) is 17.8 Å². The van der Waals surface area contributed by atoms with Gasteiger partial charge in [-0.1, -0.05) is 0 Å². The zero-order valence-corrected chi connectivity index (χ0v) is 7.16. The monoisotopic (exact) mass is 166 g/mol. The number of hydrogen-bond donors (Lipinski definition) is 0. The molecule has 2 saturated carbocycles. The zero-order chi connectivity index (χ0) is 8.13. The van der Waals surface area contributed by atoms with Crippen LogP contribution in [0.4, 0.5) is 0 Å². The third-order valence-electron chi connectivity index (χ3n) is 4.04. The molecule has 2 aliphatic heterocycles. The van der Waals surface area contributed by atoms with E-state index in [1.165, 1.54) is 19.3 Å². The van der Waals surface area contributed by atoms with Crippen molar-refractivity contribution >= 4 is 5.97 Å². The van der Waals surface area contributed by atoms with Crippen molar-refractivity contribution in [2.75, 3.05) is 6.61 Å². The molecule has 2 saturated heterocycles. The van der Waals surface area contributed by atoms with E-state index in [0.29, 0.717) is 18.9 Å². The number of carbonyl (C=O) groups excluding carboxylic acids is 1. The summed E-state index contributed by atoms with van der Waals surface area (Å²) in [5.41, 5.74) is 0. The summed E-state index contributed by atoms with van der Waals surface area (Å²) in [6, 6.07) is 0. The normalized spacial score (nSPS) is 50.5. The van der Waals surface area contributed by atoms with Gasteiger partial charge in [0, 0.05) is 6.42 Å². The van der Waals surface area contributed by atoms with E-state index >= 15 is 0 Å². The first-order valence-electron chi connectivity index (χ1n) is 4.98. The van der Waals surface area contributed by atoms with Gasteiger partial charge in [-0.05, 0) is 42.9 Å². The lowest BCUT2D eigenvalue weighted by Crippen LogP contribution is -2.29. The van der Waals surface area contributed by atoms with Crippen molar-refractivity contribution < 1.29 is 9.53 Å². The summed E-state index contributed by atoms with van der Waals surface area (Å²) >= 11 is 0. The minimum Gasteiger partial charge on any atom is -0.465 e. The lowest BCUT2D eigenvalue weighted by molar-refractivity contribution is -0.149. The van der Waals surface area contributed by atoms with Gasteiger partial charge in [0.2, 0.25) is 0 Å². The lowest BCUT2D eigenvalue weighted by Gasteiger charge is -2.30. The maximum atomic E-state index is 11.2. The first-order chi connectivity index (χ1) is 5.83. The van der Waals surface area contributed by atoms with Crippen LogP contribution in [-0.2, 0) is 9.53 Å². The maximum Gasteiger partial charge on any atom is 0.306 e. The van der Waals surface area contributed by atoms with Gasteiger partial charge in [0.05, 0.1) is 6.61 Å².